The fourth-order valence-corrected chi connectivity index (χ4v) is 22.8. The molecule has 672 valence electrons. The molecule has 0 amide bonds. The minimum Gasteiger partial charge on any atom is -0.455 e. The molecule has 27 rings (SSSR count). The molecule has 3 aliphatic rings. The molecule has 0 saturated heterocycles. The van der Waals surface area contributed by atoms with Crippen molar-refractivity contribution in [3.8, 4) is 89.3 Å². The van der Waals surface area contributed by atoms with Crippen molar-refractivity contribution in [1.82, 2.24) is 9.13 Å². The molecule has 0 bridgehead atoms. The van der Waals surface area contributed by atoms with Gasteiger partial charge < -0.3 is 28.3 Å². The van der Waals surface area contributed by atoms with Crippen LogP contribution in [0.4, 0.5) is 51.2 Å². The van der Waals surface area contributed by atoms with Crippen molar-refractivity contribution in [3.05, 3.63) is 537 Å². The Bertz CT molecular complexity index is 8800. The molecule has 0 aliphatic heterocycles. The van der Waals surface area contributed by atoms with E-state index in [2.05, 4.69) is 557 Å². The average molecular weight is 1810 g/mol. The molecule has 0 atom stereocenters. The van der Waals surface area contributed by atoms with Gasteiger partial charge in [0, 0.05) is 117 Å². The third kappa shape index (κ3) is 14.7. The van der Waals surface area contributed by atoms with Crippen LogP contribution in [0.25, 0.3) is 155 Å². The summed E-state index contributed by atoms with van der Waals surface area (Å²) >= 11 is 0. The molecular formula is C135H101N5O. The Balaban J connectivity index is 0.000000111. The molecule has 141 heavy (non-hydrogen) atoms. The molecule has 24 aromatic rings. The van der Waals surface area contributed by atoms with Crippen molar-refractivity contribution in [1.29, 1.82) is 0 Å². The SMILES string of the molecule is CC1(C)c2ccccc2-c2ccc(N(c3ccc(-c4ccccc4)cc3)c3ccc(-c4cccc5c4oc4ccccc45)cc3)cc21.CC1(C)c2ccccc2-c2ccc(N(c3ccc(-c4ccccc4)cc3)c3ccc(-n4c5ccccc5c5ccccc54)cc3)cc21.CC1(C)c2ccccc2-c2ccc(N(c3ccccc3)c3ccc(-c4cccc(-n5c6ccccc6c6ccccc65)c4)cc3)cc21. The molecule has 3 aliphatic carbocycles. The van der Waals surface area contributed by atoms with E-state index >= 15 is 0 Å². The van der Waals surface area contributed by atoms with Gasteiger partial charge in [0.05, 0.1) is 22.1 Å². The fraction of sp³-hybridized carbons (Fsp3) is 0.0667. The van der Waals surface area contributed by atoms with Gasteiger partial charge in [-0.2, -0.15) is 0 Å². The molecule has 3 aromatic heterocycles. The first-order chi connectivity index (χ1) is 69.2. The number of hydrogen-bond acceptors (Lipinski definition) is 4. The maximum Gasteiger partial charge on any atom is 0.143 e. The minimum absolute atomic E-state index is 0.0600. The third-order valence-corrected chi connectivity index (χ3v) is 29.9. The number of fused-ring (bicyclic) bond motifs is 18. The van der Waals surface area contributed by atoms with Crippen LogP contribution in [-0.4, -0.2) is 9.13 Å². The highest BCUT2D eigenvalue weighted by Crippen LogP contribution is 2.56. The van der Waals surface area contributed by atoms with Gasteiger partial charge >= 0.3 is 0 Å². The van der Waals surface area contributed by atoms with E-state index in [9.17, 15) is 0 Å². The van der Waals surface area contributed by atoms with Crippen LogP contribution in [-0.2, 0) is 16.2 Å². The predicted octanol–water partition coefficient (Wildman–Crippen LogP) is 37.1. The van der Waals surface area contributed by atoms with Gasteiger partial charge in [-0.05, 0) is 269 Å². The Kier molecular flexibility index (Phi) is 20.9. The van der Waals surface area contributed by atoms with Gasteiger partial charge in [-0.25, -0.2) is 0 Å². The van der Waals surface area contributed by atoms with Gasteiger partial charge in [0.2, 0.25) is 0 Å². The Morgan fingerprint density at radius 2 is 0.440 bits per heavy atom. The van der Waals surface area contributed by atoms with Crippen LogP contribution < -0.4 is 14.7 Å². The molecule has 6 nitrogen and oxygen atoms in total. The smallest absolute Gasteiger partial charge is 0.143 e. The van der Waals surface area contributed by atoms with Gasteiger partial charge in [0.25, 0.3) is 0 Å². The topological polar surface area (TPSA) is 32.7 Å². The van der Waals surface area contributed by atoms with E-state index in [1.807, 2.05) is 12.1 Å². The largest absolute Gasteiger partial charge is 0.455 e. The molecule has 0 radical (unpaired) electrons. The third-order valence-electron chi connectivity index (χ3n) is 29.9. The van der Waals surface area contributed by atoms with E-state index in [-0.39, 0.29) is 16.2 Å². The van der Waals surface area contributed by atoms with Crippen LogP contribution in [0, 0.1) is 0 Å². The average Bonchev–Trinajstić information content (AvgIpc) is 1.71. The summed E-state index contributed by atoms with van der Waals surface area (Å²) in [5.74, 6) is 0. The molecule has 0 saturated carbocycles. The van der Waals surface area contributed by atoms with Crippen LogP contribution in [0.1, 0.15) is 74.9 Å². The van der Waals surface area contributed by atoms with Crippen molar-refractivity contribution in [2.24, 2.45) is 0 Å². The number of aromatic nitrogens is 2. The molecule has 0 spiro atoms. The minimum atomic E-state index is -0.0834. The van der Waals surface area contributed by atoms with Crippen LogP contribution in [0.15, 0.2) is 508 Å². The first kappa shape index (κ1) is 85.1. The molecule has 21 aromatic carbocycles. The molecule has 0 N–H and O–H groups in total. The Hall–Kier alpha value is -17.6. The standard InChI is InChI=1S/2C45H34N2.C45H33NO/c1-45(2)41-20-9-6-17-37(41)38-28-27-36(30-42(38)45)46(33-14-4-3-5-15-33)34-25-23-31(24-26-34)32-13-12-16-35(29-32)47-43-21-10-7-18-39(43)40-19-8-11-22-44(40)47;1-45(2)41-17-9-6-14-37(41)38-29-28-36(30-42(38)45)46(33-22-20-32(21-23-33)31-12-4-3-5-13-31)34-24-26-35(27-25-34)47-43-18-10-7-15-39(43)40-16-8-11-19-44(40)47;1-45(2)41-17-8-6-13-37(41)38-28-27-35(29-42(38)45)46(33-23-19-31(20-24-33)30-11-4-3-5-12-30)34-25-21-32(22-26-34)36-15-10-16-40-39-14-7-9-18-43(39)47-44(36)40/h2*3-30H,1-2H3;3-29H,1-2H3. The van der Waals surface area contributed by atoms with Crippen molar-refractivity contribution < 1.29 is 4.42 Å². The summed E-state index contributed by atoms with van der Waals surface area (Å²) in [6, 6.07) is 182. The number of rotatable bonds is 15. The lowest BCUT2D eigenvalue weighted by Crippen LogP contribution is -2.16. The van der Waals surface area contributed by atoms with E-state index in [0.717, 1.165) is 95.6 Å². The maximum atomic E-state index is 6.38. The molecular weight excluding hydrogens is 1710 g/mol. The fourth-order valence-electron chi connectivity index (χ4n) is 22.8. The summed E-state index contributed by atoms with van der Waals surface area (Å²) in [5, 5.41) is 7.38. The highest BCUT2D eigenvalue weighted by molar-refractivity contribution is 6.12. The first-order valence-electron chi connectivity index (χ1n) is 49.0. The molecule has 6 heteroatoms. The van der Waals surface area contributed by atoms with Crippen molar-refractivity contribution in [3.63, 3.8) is 0 Å². The Labute approximate surface area is 823 Å². The van der Waals surface area contributed by atoms with Crippen LogP contribution in [0.3, 0.4) is 0 Å². The van der Waals surface area contributed by atoms with Gasteiger partial charge in [0.1, 0.15) is 11.2 Å². The number of nitrogens with zero attached hydrogens (tertiary/aromatic N) is 5. The highest BCUT2D eigenvalue weighted by Gasteiger charge is 2.39. The van der Waals surface area contributed by atoms with Gasteiger partial charge in [-0.15, -0.1) is 0 Å². The number of benzene rings is 21. The zero-order valence-electron chi connectivity index (χ0n) is 79.6. The highest BCUT2D eigenvalue weighted by atomic mass is 16.3. The van der Waals surface area contributed by atoms with E-state index < -0.39 is 0 Å². The first-order valence-corrected chi connectivity index (χ1v) is 49.0. The zero-order chi connectivity index (χ0) is 94.6. The molecule has 3 heterocycles. The summed E-state index contributed by atoms with van der Waals surface area (Å²) in [6.45, 7) is 14.1. The number of para-hydroxylation sites is 7. The summed E-state index contributed by atoms with van der Waals surface area (Å²) < 4.78 is 11.1. The summed E-state index contributed by atoms with van der Waals surface area (Å²) in [6.07, 6.45) is 0. The summed E-state index contributed by atoms with van der Waals surface area (Å²) in [4.78, 5) is 7.14. The van der Waals surface area contributed by atoms with Crippen molar-refractivity contribution in [2.45, 2.75) is 57.8 Å². The van der Waals surface area contributed by atoms with Crippen molar-refractivity contribution in [2.75, 3.05) is 14.7 Å². The van der Waals surface area contributed by atoms with E-state index in [1.54, 1.807) is 0 Å². The zero-order valence-corrected chi connectivity index (χ0v) is 79.6. The van der Waals surface area contributed by atoms with Gasteiger partial charge in [-0.1, -0.05) is 381 Å². The second-order valence-corrected chi connectivity index (χ2v) is 39.0. The lowest BCUT2D eigenvalue weighted by Gasteiger charge is -2.28. The second-order valence-electron chi connectivity index (χ2n) is 39.0. The monoisotopic (exact) mass is 1810 g/mol. The van der Waals surface area contributed by atoms with Crippen molar-refractivity contribution >= 4 is 117 Å². The molecule has 0 unspecified atom stereocenters. The number of anilines is 9. The van der Waals surface area contributed by atoms with E-state index in [1.165, 1.54) is 144 Å². The second kappa shape index (κ2) is 34.6. The maximum absolute atomic E-state index is 6.38. The van der Waals surface area contributed by atoms with Crippen LogP contribution >= 0.6 is 0 Å². The van der Waals surface area contributed by atoms with Crippen LogP contribution in [0.5, 0.6) is 0 Å². The Morgan fingerprint density at radius 3 is 0.844 bits per heavy atom. The molecule has 0 fully saturated rings. The normalized spacial score (nSPS) is 13.1. The van der Waals surface area contributed by atoms with Gasteiger partial charge in [-0.3, -0.25) is 0 Å². The summed E-state index contributed by atoms with van der Waals surface area (Å²) in [7, 11) is 0. The van der Waals surface area contributed by atoms with E-state index in [4.69, 9.17) is 4.42 Å². The number of hydrogen-bond donors (Lipinski definition) is 0. The summed E-state index contributed by atoms with van der Waals surface area (Å²) in [5.41, 5.74) is 44.7. The lowest BCUT2D eigenvalue weighted by atomic mass is 9.82. The quantitative estimate of drug-likeness (QED) is 0.102. The van der Waals surface area contributed by atoms with E-state index in [0.29, 0.717) is 0 Å². The number of furan rings is 1. The lowest BCUT2D eigenvalue weighted by molar-refractivity contribution is 0.660. The van der Waals surface area contributed by atoms with Gasteiger partial charge in [0.15, 0.2) is 0 Å². The van der Waals surface area contributed by atoms with Crippen LogP contribution in [0.2, 0.25) is 0 Å². The predicted molar refractivity (Wildman–Crippen MR) is 594 cm³/mol. The Morgan fingerprint density at radius 1 is 0.170 bits per heavy atom.